The van der Waals surface area contributed by atoms with Crippen LogP contribution in [0.4, 0.5) is 0 Å². The van der Waals surface area contributed by atoms with E-state index in [1.165, 1.54) is 0 Å². The molecule has 0 aromatic heterocycles. The van der Waals surface area contributed by atoms with Crippen LogP contribution in [0.3, 0.4) is 0 Å². The minimum absolute atomic E-state index is 0.0244. The van der Waals surface area contributed by atoms with Crippen LogP contribution in [-0.2, 0) is 10.2 Å². The number of nitriles is 1. The normalized spacial score (nSPS) is 17.6. The van der Waals surface area contributed by atoms with Crippen molar-refractivity contribution in [2.24, 2.45) is 0 Å². The van der Waals surface area contributed by atoms with Crippen molar-refractivity contribution >= 4 is 5.91 Å². The molecule has 1 atom stereocenters. The quantitative estimate of drug-likeness (QED) is 0.862. The van der Waals surface area contributed by atoms with Gasteiger partial charge in [0.1, 0.15) is 0 Å². The van der Waals surface area contributed by atoms with Crippen LogP contribution < -0.4 is 5.32 Å². The lowest BCUT2D eigenvalue weighted by atomic mass is 9.94. The predicted octanol–water partition coefficient (Wildman–Crippen LogP) is 2.53. The van der Waals surface area contributed by atoms with Crippen LogP contribution in [0.5, 0.6) is 0 Å². The summed E-state index contributed by atoms with van der Waals surface area (Å²) in [6.45, 7) is 1.99. The molecule has 0 bridgehead atoms. The number of nitrogens with zero attached hydrogens (tertiary/aromatic N) is 1. The summed E-state index contributed by atoms with van der Waals surface area (Å²) in [5, 5.41) is 11.7. The molecule has 94 valence electrons. The zero-order valence-corrected chi connectivity index (χ0v) is 10.6. The first-order valence-electron chi connectivity index (χ1n) is 6.46. The molecule has 1 fully saturated rings. The maximum Gasteiger partial charge on any atom is 0.230 e. The first-order valence-corrected chi connectivity index (χ1v) is 6.46. The largest absolute Gasteiger partial charge is 0.352 e. The Balaban J connectivity index is 2.08. The molecule has 3 nitrogen and oxygen atoms in total. The Kier molecular flexibility index (Phi) is 3.66. The molecule has 1 aromatic carbocycles. The summed E-state index contributed by atoms with van der Waals surface area (Å²) in [5.41, 5.74) is 0.763. The summed E-state index contributed by atoms with van der Waals surface area (Å²) in [7, 11) is 0. The van der Waals surface area contributed by atoms with E-state index in [1.54, 1.807) is 0 Å². The molecule has 3 heteroatoms. The van der Waals surface area contributed by atoms with Crippen molar-refractivity contribution in [2.75, 3.05) is 0 Å². The monoisotopic (exact) mass is 242 g/mol. The minimum Gasteiger partial charge on any atom is -0.352 e. The second-order valence-corrected chi connectivity index (χ2v) is 4.89. The molecule has 1 N–H and O–H groups in total. The Labute approximate surface area is 108 Å². The molecule has 0 heterocycles. The molecule has 1 unspecified atom stereocenters. The highest BCUT2D eigenvalue weighted by Gasteiger charge is 2.51. The zero-order valence-electron chi connectivity index (χ0n) is 10.6. The van der Waals surface area contributed by atoms with Gasteiger partial charge in [0.2, 0.25) is 5.91 Å². The van der Waals surface area contributed by atoms with Gasteiger partial charge in [0.25, 0.3) is 0 Å². The van der Waals surface area contributed by atoms with Crippen molar-refractivity contribution in [3.8, 4) is 6.07 Å². The van der Waals surface area contributed by atoms with E-state index in [-0.39, 0.29) is 17.4 Å². The van der Waals surface area contributed by atoms with E-state index in [0.717, 1.165) is 24.8 Å². The molecule has 2 rings (SSSR count). The summed E-state index contributed by atoms with van der Waals surface area (Å²) in [6, 6.07) is 12.0. The first kappa shape index (κ1) is 12.6. The van der Waals surface area contributed by atoms with Gasteiger partial charge >= 0.3 is 0 Å². The van der Waals surface area contributed by atoms with Crippen LogP contribution in [0, 0.1) is 11.3 Å². The second-order valence-electron chi connectivity index (χ2n) is 4.89. The topological polar surface area (TPSA) is 52.9 Å². The van der Waals surface area contributed by atoms with Gasteiger partial charge in [-0.3, -0.25) is 4.79 Å². The zero-order chi connectivity index (χ0) is 13.0. The predicted molar refractivity (Wildman–Crippen MR) is 69.8 cm³/mol. The highest BCUT2D eigenvalue weighted by atomic mass is 16.2. The molecule has 1 amide bonds. The van der Waals surface area contributed by atoms with Crippen LogP contribution in [0.25, 0.3) is 0 Å². The third kappa shape index (κ3) is 2.38. The number of hydrogen-bond acceptors (Lipinski definition) is 2. The number of carbonyl (C=O) groups is 1. The van der Waals surface area contributed by atoms with Crippen LogP contribution in [0.15, 0.2) is 30.3 Å². The summed E-state index contributed by atoms with van der Waals surface area (Å²) in [4.78, 5) is 12.4. The molecule has 0 radical (unpaired) electrons. The maximum absolute atomic E-state index is 12.4. The third-order valence-corrected chi connectivity index (χ3v) is 3.68. The van der Waals surface area contributed by atoms with Gasteiger partial charge in [-0.25, -0.2) is 0 Å². The van der Waals surface area contributed by atoms with Crippen molar-refractivity contribution in [1.82, 2.24) is 5.32 Å². The molecule has 0 spiro atoms. The van der Waals surface area contributed by atoms with E-state index in [4.69, 9.17) is 5.26 Å². The SMILES string of the molecule is CCC(CC#N)NC(=O)C1(c2ccccc2)CC1. The molecule has 1 aliphatic carbocycles. The lowest BCUT2D eigenvalue weighted by Gasteiger charge is -2.20. The fourth-order valence-corrected chi connectivity index (χ4v) is 2.26. The molecule has 18 heavy (non-hydrogen) atoms. The van der Waals surface area contributed by atoms with E-state index in [9.17, 15) is 4.79 Å². The van der Waals surface area contributed by atoms with Gasteiger partial charge in [-0.05, 0) is 24.8 Å². The Bertz CT molecular complexity index is 457. The maximum atomic E-state index is 12.4. The molecule has 0 saturated heterocycles. The van der Waals surface area contributed by atoms with Crippen LogP contribution in [0.2, 0.25) is 0 Å². The van der Waals surface area contributed by atoms with E-state index in [1.807, 2.05) is 37.3 Å². The van der Waals surface area contributed by atoms with Gasteiger partial charge in [-0.1, -0.05) is 37.3 Å². The molecule has 1 aliphatic rings. The average Bonchev–Trinajstić information content (AvgIpc) is 3.20. The number of carbonyl (C=O) groups excluding carboxylic acids is 1. The van der Waals surface area contributed by atoms with Gasteiger partial charge in [0.15, 0.2) is 0 Å². The van der Waals surface area contributed by atoms with Gasteiger partial charge in [0.05, 0.1) is 17.9 Å². The minimum atomic E-state index is -0.329. The average molecular weight is 242 g/mol. The Hall–Kier alpha value is -1.82. The summed E-state index contributed by atoms with van der Waals surface area (Å²) in [6.07, 6.45) is 2.99. The summed E-state index contributed by atoms with van der Waals surface area (Å²) in [5.74, 6) is 0.0794. The van der Waals surface area contributed by atoms with Crippen molar-refractivity contribution in [3.05, 3.63) is 35.9 Å². The van der Waals surface area contributed by atoms with Crippen molar-refractivity contribution in [3.63, 3.8) is 0 Å². The highest BCUT2D eigenvalue weighted by molar-refractivity contribution is 5.91. The van der Waals surface area contributed by atoms with E-state index in [2.05, 4.69) is 11.4 Å². The molecule has 1 aromatic rings. The van der Waals surface area contributed by atoms with Gasteiger partial charge in [-0.15, -0.1) is 0 Å². The van der Waals surface area contributed by atoms with Gasteiger partial charge in [-0.2, -0.15) is 5.26 Å². The van der Waals surface area contributed by atoms with Crippen LogP contribution >= 0.6 is 0 Å². The number of amides is 1. The Morgan fingerprint density at radius 1 is 1.44 bits per heavy atom. The van der Waals surface area contributed by atoms with Crippen LogP contribution in [0.1, 0.15) is 38.2 Å². The number of benzene rings is 1. The van der Waals surface area contributed by atoms with Crippen LogP contribution in [-0.4, -0.2) is 11.9 Å². The van der Waals surface area contributed by atoms with E-state index >= 15 is 0 Å². The number of rotatable bonds is 5. The fraction of sp³-hybridized carbons (Fsp3) is 0.467. The molecule has 0 aliphatic heterocycles. The van der Waals surface area contributed by atoms with E-state index < -0.39 is 0 Å². The van der Waals surface area contributed by atoms with Gasteiger partial charge in [0, 0.05) is 6.04 Å². The summed E-state index contributed by atoms with van der Waals surface area (Å²) < 4.78 is 0. The fourth-order valence-electron chi connectivity index (χ4n) is 2.26. The standard InChI is InChI=1S/C15H18N2O/c1-2-13(8-11-16)17-14(18)15(9-10-15)12-6-4-3-5-7-12/h3-7,13H,2,8-10H2,1H3,(H,17,18). The molecular formula is C15H18N2O. The lowest BCUT2D eigenvalue weighted by Crippen LogP contribution is -2.41. The second kappa shape index (κ2) is 5.22. The van der Waals surface area contributed by atoms with Crippen molar-refractivity contribution < 1.29 is 4.79 Å². The number of nitrogens with one attached hydrogen (secondary N) is 1. The first-order chi connectivity index (χ1) is 8.73. The Morgan fingerprint density at radius 3 is 2.61 bits per heavy atom. The van der Waals surface area contributed by atoms with Crippen molar-refractivity contribution in [1.29, 1.82) is 5.26 Å². The van der Waals surface area contributed by atoms with E-state index in [0.29, 0.717) is 6.42 Å². The molecule has 1 saturated carbocycles. The molecular weight excluding hydrogens is 224 g/mol. The summed E-state index contributed by atoms with van der Waals surface area (Å²) >= 11 is 0. The smallest absolute Gasteiger partial charge is 0.230 e. The number of hydrogen-bond donors (Lipinski definition) is 1. The third-order valence-electron chi connectivity index (χ3n) is 3.68. The Morgan fingerprint density at radius 2 is 2.11 bits per heavy atom. The van der Waals surface area contributed by atoms with Crippen molar-refractivity contribution in [2.45, 2.75) is 44.1 Å². The van der Waals surface area contributed by atoms with Gasteiger partial charge < -0.3 is 5.32 Å². The highest BCUT2D eigenvalue weighted by Crippen LogP contribution is 2.48. The lowest BCUT2D eigenvalue weighted by molar-refractivity contribution is -0.124.